The number of halogens is 1. The summed E-state index contributed by atoms with van der Waals surface area (Å²) >= 11 is 0. The molecule has 3 rings (SSSR count). The van der Waals surface area contributed by atoms with Crippen LogP contribution in [0.1, 0.15) is 10.4 Å². The molecule has 0 aliphatic carbocycles. The van der Waals surface area contributed by atoms with Crippen LogP contribution in [0.15, 0.2) is 54.7 Å². The Balaban J connectivity index is 1.79. The normalized spacial score (nSPS) is 10.8. The third-order valence-electron chi connectivity index (χ3n) is 3.38. The quantitative estimate of drug-likeness (QED) is 0.685. The number of aryl methyl sites for hydroxylation is 1. The van der Waals surface area contributed by atoms with Gasteiger partial charge in [0, 0.05) is 29.7 Å². The largest absolute Gasteiger partial charge is 0.485 e. The van der Waals surface area contributed by atoms with Crippen molar-refractivity contribution >= 4 is 16.7 Å². The average molecular weight is 283 g/mol. The van der Waals surface area contributed by atoms with Crippen molar-refractivity contribution in [2.75, 3.05) is 6.61 Å². The number of hydrogen-bond donors (Lipinski definition) is 0. The van der Waals surface area contributed by atoms with Crippen molar-refractivity contribution in [3.8, 4) is 5.75 Å². The molecule has 0 amide bonds. The molecule has 0 atom stereocenters. The van der Waals surface area contributed by atoms with Crippen molar-refractivity contribution in [3.63, 3.8) is 0 Å². The number of benzene rings is 2. The lowest BCUT2D eigenvalue weighted by molar-refractivity contribution is 0.0923. The Hall–Kier alpha value is -2.62. The van der Waals surface area contributed by atoms with Crippen molar-refractivity contribution in [3.05, 3.63) is 66.1 Å². The van der Waals surface area contributed by atoms with E-state index in [0.29, 0.717) is 11.3 Å². The van der Waals surface area contributed by atoms with E-state index in [1.165, 1.54) is 24.3 Å². The number of ketones is 1. The van der Waals surface area contributed by atoms with E-state index in [-0.39, 0.29) is 18.2 Å². The van der Waals surface area contributed by atoms with Gasteiger partial charge in [-0.05, 0) is 30.3 Å². The minimum Gasteiger partial charge on any atom is -0.485 e. The summed E-state index contributed by atoms with van der Waals surface area (Å²) in [6, 6.07) is 13.3. The molecule has 0 saturated heterocycles. The summed E-state index contributed by atoms with van der Waals surface area (Å²) in [5.41, 5.74) is 1.64. The molecule has 2 aromatic carbocycles. The van der Waals surface area contributed by atoms with Gasteiger partial charge in [0.05, 0.1) is 0 Å². The number of nitrogens with zero attached hydrogens (tertiary/aromatic N) is 1. The molecule has 0 aliphatic heterocycles. The highest BCUT2D eigenvalue weighted by Crippen LogP contribution is 2.21. The summed E-state index contributed by atoms with van der Waals surface area (Å²) in [5, 5.41) is 0.910. The lowest BCUT2D eigenvalue weighted by Crippen LogP contribution is -2.11. The molecule has 106 valence electrons. The highest BCUT2D eigenvalue weighted by molar-refractivity contribution is 6.08. The Labute approximate surface area is 121 Å². The van der Waals surface area contributed by atoms with E-state index in [2.05, 4.69) is 0 Å². The zero-order chi connectivity index (χ0) is 14.8. The molecular weight excluding hydrogens is 269 g/mol. The van der Waals surface area contributed by atoms with Gasteiger partial charge in [-0.2, -0.15) is 0 Å². The molecule has 0 N–H and O–H groups in total. The molecule has 0 spiro atoms. The summed E-state index contributed by atoms with van der Waals surface area (Å²) in [6.45, 7) is -0.0698. The summed E-state index contributed by atoms with van der Waals surface area (Å²) in [7, 11) is 1.90. The van der Waals surface area contributed by atoms with Crippen LogP contribution in [-0.2, 0) is 7.05 Å². The standard InChI is InChI=1S/C17H14FNO2/c1-19-10-15(14-4-2-3-5-16(14)19)17(20)11-21-13-8-6-12(18)7-9-13/h2-10H,11H2,1H3. The molecule has 0 unspecified atom stereocenters. The molecular formula is C17H14FNO2. The molecule has 1 heterocycles. The fourth-order valence-corrected chi connectivity index (χ4v) is 2.32. The molecule has 1 aromatic heterocycles. The van der Waals surface area contributed by atoms with E-state index >= 15 is 0 Å². The zero-order valence-electron chi connectivity index (χ0n) is 11.5. The SMILES string of the molecule is Cn1cc(C(=O)COc2ccc(F)cc2)c2ccccc21. The molecule has 0 saturated carbocycles. The fourth-order valence-electron chi connectivity index (χ4n) is 2.32. The minimum atomic E-state index is -0.331. The predicted molar refractivity (Wildman–Crippen MR) is 79.1 cm³/mol. The number of rotatable bonds is 4. The number of ether oxygens (including phenoxy) is 1. The third-order valence-corrected chi connectivity index (χ3v) is 3.38. The van der Waals surface area contributed by atoms with Crippen LogP contribution in [-0.4, -0.2) is 17.0 Å². The monoisotopic (exact) mass is 283 g/mol. The highest BCUT2D eigenvalue weighted by Gasteiger charge is 2.14. The second kappa shape index (κ2) is 5.40. The van der Waals surface area contributed by atoms with Gasteiger partial charge < -0.3 is 9.30 Å². The van der Waals surface area contributed by atoms with Crippen LogP contribution in [0.3, 0.4) is 0 Å². The van der Waals surface area contributed by atoms with E-state index < -0.39 is 0 Å². The molecule has 0 aliphatic rings. The van der Waals surface area contributed by atoms with Gasteiger partial charge in [-0.3, -0.25) is 4.79 Å². The Kier molecular flexibility index (Phi) is 3.44. The van der Waals surface area contributed by atoms with E-state index in [1.807, 2.05) is 35.9 Å². The molecule has 3 nitrogen and oxygen atoms in total. The Morgan fingerprint density at radius 3 is 2.62 bits per heavy atom. The maximum atomic E-state index is 12.8. The zero-order valence-corrected chi connectivity index (χ0v) is 11.5. The van der Waals surface area contributed by atoms with Crippen LogP contribution in [0.4, 0.5) is 4.39 Å². The minimum absolute atomic E-state index is 0.0698. The van der Waals surface area contributed by atoms with Crippen LogP contribution in [0.2, 0.25) is 0 Å². The smallest absolute Gasteiger partial charge is 0.202 e. The first-order chi connectivity index (χ1) is 10.1. The lowest BCUT2D eigenvalue weighted by atomic mass is 10.1. The molecule has 0 radical (unpaired) electrons. The van der Waals surface area contributed by atoms with Gasteiger partial charge in [0.15, 0.2) is 6.61 Å². The third kappa shape index (κ3) is 2.65. The maximum Gasteiger partial charge on any atom is 0.202 e. The highest BCUT2D eigenvalue weighted by atomic mass is 19.1. The van der Waals surface area contributed by atoms with Crippen molar-refractivity contribution < 1.29 is 13.9 Å². The number of aromatic nitrogens is 1. The van der Waals surface area contributed by atoms with Crippen LogP contribution in [0, 0.1) is 5.82 Å². The molecule has 3 aromatic rings. The van der Waals surface area contributed by atoms with Crippen molar-refractivity contribution in [1.82, 2.24) is 4.57 Å². The van der Waals surface area contributed by atoms with Gasteiger partial charge in [0.2, 0.25) is 5.78 Å². The molecule has 0 bridgehead atoms. The van der Waals surface area contributed by atoms with E-state index in [0.717, 1.165) is 10.9 Å². The first-order valence-corrected chi connectivity index (χ1v) is 6.61. The van der Waals surface area contributed by atoms with Crippen LogP contribution in [0.25, 0.3) is 10.9 Å². The van der Waals surface area contributed by atoms with Gasteiger partial charge in [-0.1, -0.05) is 18.2 Å². The number of fused-ring (bicyclic) bond motifs is 1. The van der Waals surface area contributed by atoms with E-state index in [4.69, 9.17) is 4.74 Å². The summed E-state index contributed by atoms with van der Waals surface area (Å²) < 4.78 is 20.1. The topological polar surface area (TPSA) is 31.2 Å². The van der Waals surface area contributed by atoms with Crippen molar-refractivity contribution in [2.45, 2.75) is 0 Å². The second-order valence-corrected chi connectivity index (χ2v) is 4.84. The number of carbonyl (C=O) groups is 1. The van der Waals surface area contributed by atoms with Crippen LogP contribution in [0.5, 0.6) is 5.75 Å². The van der Waals surface area contributed by atoms with Gasteiger partial charge in [0.25, 0.3) is 0 Å². The average Bonchev–Trinajstić information content (AvgIpc) is 2.84. The predicted octanol–water partition coefficient (Wildman–Crippen LogP) is 3.58. The van der Waals surface area contributed by atoms with Gasteiger partial charge in [0.1, 0.15) is 11.6 Å². The second-order valence-electron chi connectivity index (χ2n) is 4.84. The fraction of sp³-hybridized carbons (Fsp3) is 0.118. The summed E-state index contributed by atoms with van der Waals surface area (Å²) in [4.78, 5) is 12.3. The Morgan fingerprint density at radius 1 is 1.14 bits per heavy atom. The number of para-hydroxylation sites is 1. The summed E-state index contributed by atoms with van der Waals surface area (Å²) in [6.07, 6.45) is 1.81. The van der Waals surface area contributed by atoms with Gasteiger partial charge in [-0.25, -0.2) is 4.39 Å². The molecule has 4 heteroatoms. The van der Waals surface area contributed by atoms with Gasteiger partial charge >= 0.3 is 0 Å². The number of Topliss-reactive ketones (excluding diaryl/α,β-unsaturated/α-hetero) is 1. The molecule has 21 heavy (non-hydrogen) atoms. The van der Waals surface area contributed by atoms with E-state index in [9.17, 15) is 9.18 Å². The van der Waals surface area contributed by atoms with Crippen molar-refractivity contribution in [2.24, 2.45) is 7.05 Å². The Morgan fingerprint density at radius 2 is 1.86 bits per heavy atom. The van der Waals surface area contributed by atoms with Gasteiger partial charge in [-0.15, -0.1) is 0 Å². The Bertz CT molecular complexity index is 790. The maximum absolute atomic E-state index is 12.8. The van der Waals surface area contributed by atoms with E-state index in [1.54, 1.807) is 6.20 Å². The first kappa shape index (κ1) is 13.4. The number of hydrogen-bond acceptors (Lipinski definition) is 2. The lowest BCUT2D eigenvalue weighted by Gasteiger charge is -2.04. The van der Waals surface area contributed by atoms with Crippen LogP contribution < -0.4 is 4.74 Å². The van der Waals surface area contributed by atoms with Crippen LogP contribution >= 0.6 is 0 Å². The summed E-state index contributed by atoms with van der Waals surface area (Å²) in [5.74, 6) is 0.0452. The number of carbonyl (C=O) groups excluding carboxylic acids is 1. The molecule has 0 fully saturated rings. The first-order valence-electron chi connectivity index (χ1n) is 6.61. The van der Waals surface area contributed by atoms with Crippen molar-refractivity contribution in [1.29, 1.82) is 0 Å².